The van der Waals surface area contributed by atoms with E-state index in [2.05, 4.69) is 34.0 Å². The number of esters is 1. The molecule has 1 aliphatic heterocycles. The zero-order valence-corrected chi connectivity index (χ0v) is 13.9. The zero-order valence-electron chi connectivity index (χ0n) is 13.9. The van der Waals surface area contributed by atoms with Gasteiger partial charge in [-0.15, -0.1) is 0 Å². The van der Waals surface area contributed by atoms with Crippen LogP contribution in [0.25, 0.3) is 0 Å². The molecule has 0 aliphatic carbocycles. The summed E-state index contributed by atoms with van der Waals surface area (Å²) in [6, 6.07) is 2.75. The van der Waals surface area contributed by atoms with Crippen LogP contribution in [-0.2, 0) is 9.53 Å². The Morgan fingerprint density at radius 2 is 2.14 bits per heavy atom. The van der Waals surface area contributed by atoms with Gasteiger partial charge in [-0.3, -0.25) is 4.79 Å². The van der Waals surface area contributed by atoms with Gasteiger partial charge in [0.1, 0.15) is 5.82 Å². The summed E-state index contributed by atoms with van der Waals surface area (Å²) in [5, 5.41) is 3.50. The third-order valence-electron chi connectivity index (χ3n) is 3.67. The second-order valence-corrected chi connectivity index (χ2v) is 6.03. The molecule has 1 fully saturated rings. The average molecular weight is 306 g/mol. The van der Waals surface area contributed by atoms with Crippen molar-refractivity contribution in [3.8, 4) is 0 Å². The van der Waals surface area contributed by atoms with Gasteiger partial charge in [-0.2, -0.15) is 0 Å². The van der Waals surface area contributed by atoms with Gasteiger partial charge in [-0.1, -0.05) is 6.92 Å². The number of aromatic nitrogens is 2. The lowest BCUT2D eigenvalue weighted by atomic mass is 10.1. The van der Waals surface area contributed by atoms with Crippen LogP contribution in [0.5, 0.6) is 0 Å². The Kier molecular flexibility index (Phi) is 5.71. The largest absolute Gasteiger partial charge is 0.454 e. The van der Waals surface area contributed by atoms with E-state index in [0.717, 1.165) is 25.3 Å². The van der Waals surface area contributed by atoms with Crippen molar-refractivity contribution in [3.05, 3.63) is 18.1 Å². The molecule has 122 valence electrons. The number of hydrogen-bond acceptors (Lipinski definition) is 6. The predicted octanol–water partition coefficient (Wildman–Crippen LogP) is 2.07. The molecule has 0 radical (unpaired) electrons. The maximum absolute atomic E-state index is 11.6. The second-order valence-electron chi connectivity index (χ2n) is 6.03. The van der Waals surface area contributed by atoms with Crippen LogP contribution in [0.1, 0.15) is 52.5 Å². The van der Waals surface area contributed by atoms with Crippen LogP contribution in [0.2, 0.25) is 0 Å². The van der Waals surface area contributed by atoms with Crippen molar-refractivity contribution in [1.82, 2.24) is 15.3 Å². The summed E-state index contributed by atoms with van der Waals surface area (Å²) in [7, 11) is 0. The van der Waals surface area contributed by atoms with Crippen LogP contribution >= 0.6 is 0 Å². The number of piperazine rings is 1. The van der Waals surface area contributed by atoms with Crippen LogP contribution in [0.4, 0.5) is 5.82 Å². The minimum atomic E-state index is -0.420. The topological polar surface area (TPSA) is 67.3 Å². The number of ether oxygens (including phenoxy) is 1. The highest BCUT2D eigenvalue weighted by molar-refractivity contribution is 5.69. The van der Waals surface area contributed by atoms with Gasteiger partial charge >= 0.3 is 5.97 Å². The first-order valence-electron chi connectivity index (χ1n) is 8.03. The molecule has 1 aromatic rings. The third kappa shape index (κ3) is 4.40. The Bertz CT molecular complexity index is 499. The summed E-state index contributed by atoms with van der Waals surface area (Å²) >= 11 is 0. The van der Waals surface area contributed by atoms with Gasteiger partial charge in [-0.05, 0) is 33.3 Å². The molecular formula is C16H26N4O2. The van der Waals surface area contributed by atoms with Crippen molar-refractivity contribution < 1.29 is 9.53 Å². The smallest absolute Gasteiger partial charge is 0.306 e. The molecule has 6 heteroatoms. The molecule has 1 aromatic heterocycles. The standard InChI is InChI=1S/C16H26N4O2/c1-5-6-15(21)22-13(4)16-17-8-7-14(19-16)20-9-11(2)18-12(3)10-20/h7-8,11-13,18H,5-6,9-10H2,1-4H3/t11-,12+,13-/m1/s1. The second kappa shape index (κ2) is 7.54. The molecular weight excluding hydrogens is 280 g/mol. The first-order chi connectivity index (χ1) is 10.5. The van der Waals surface area contributed by atoms with Crippen LogP contribution in [0, 0.1) is 0 Å². The first kappa shape index (κ1) is 16.7. The van der Waals surface area contributed by atoms with E-state index in [0.29, 0.717) is 24.3 Å². The van der Waals surface area contributed by atoms with E-state index < -0.39 is 6.10 Å². The zero-order chi connectivity index (χ0) is 16.1. The molecule has 0 bridgehead atoms. The van der Waals surface area contributed by atoms with Gasteiger partial charge in [0.15, 0.2) is 11.9 Å². The molecule has 2 rings (SSSR count). The van der Waals surface area contributed by atoms with E-state index in [4.69, 9.17) is 4.74 Å². The molecule has 0 unspecified atom stereocenters. The summed E-state index contributed by atoms with van der Waals surface area (Å²) in [5.41, 5.74) is 0. The van der Waals surface area contributed by atoms with Crippen LogP contribution in [0.15, 0.2) is 12.3 Å². The van der Waals surface area contributed by atoms with Crippen molar-refractivity contribution >= 4 is 11.8 Å². The van der Waals surface area contributed by atoms with Gasteiger partial charge in [0.2, 0.25) is 0 Å². The number of anilines is 1. The predicted molar refractivity (Wildman–Crippen MR) is 85.7 cm³/mol. The summed E-state index contributed by atoms with van der Waals surface area (Å²) in [6.07, 6.45) is 2.52. The molecule has 0 saturated carbocycles. The third-order valence-corrected chi connectivity index (χ3v) is 3.67. The van der Waals surface area contributed by atoms with E-state index in [9.17, 15) is 4.79 Å². The summed E-state index contributed by atoms with van der Waals surface area (Å²) in [5.74, 6) is 1.25. The molecule has 0 aromatic carbocycles. The molecule has 22 heavy (non-hydrogen) atoms. The highest BCUT2D eigenvalue weighted by atomic mass is 16.5. The molecule has 0 amide bonds. The highest BCUT2D eigenvalue weighted by Crippen LogP contribution is 2.19. The molecule has 3 atom stereocenters. The molecule has 1 N–H and O–H groups in total. The van der Waals surface area contributed by atoms with Crippen LogP contribution in [0.3, 0.4) is 0 Å². The Hall–Kier alpha value is -1.69. The fraction of sp³-hybridized carbons (Fsp3) is 0.688. The number of nitrogens with zero attached hydrogens (tertiary/aromatic N) is 3. The highest BCUT2D eigenvalue weighted by Gasteiger charge is 2.23. The summed E-state index contributed by atoms with van der Waals surface area (Å²) < 4.78 is 5.37. The average Bonchev–Trinajstić information content (AvgIpc) is 2.46. The quantitative estimate of drug-likeness (QED) is 0.840. The fourth-order valence-corrected chi connectivity index (χ4v) is 2.76. The number of nitrogens with one attached hydrogen (secondary N) is 1. The Morgan fingerprint density at radius 3 is 2.77 bits per heavy atom. The van der Waals surface area contributed by atoms with Gasteiger partial charge in [0.25, 0.3) is 0 Å². The minimum absolute atomic E-state index is 0.201. The maximum Gasteiger partial charge on any atom is 0.306 e. The number of carbonyl (C=O) groups excluding carboxylic acids is 1. The van der Waals surface area contributed by atoms with Gasteiger partial charge in [-0.25, -0.2) is 9.97 Å². The Morgan fingerprint density at radius 1 is 1.45 bits per heavy atom. The van der Waals surface area contributed by atoms with Crippen molar-refractivity contribution in [1.29, 1.82) is 0 Å². The Balaban J connectivity index is 2.07. The van der Waals surface area contributed by atoms with Crippen molar-refractivity contribution in [2.24, 2.45) is 0 Å². The Labute approximate surface area is 132 Å². The lowest BCUT2D eigenvalue weighted by Gasteiger charge is -2.37. The molecule has 2 heterocycles. The first-order valence-corrected chi connectivity index (χ1v) is 8.03. The number of rotatable bonds is 5. The van der Waals surface area contributed by atoms with Crippen molar-refractivity contribution in [2.75, 3.05) is 18.0 Å². The van der Waals surface area contributed by atoms with E-state index in [1.54, 1.807) is 6.20 Å². The normalized spacial score (nSPS) is 23.2. The SMILES string of the molecule is CCCC(=O)O[C@H](C)c1nccc(N2C[C@@H](C)N[C@@H](C)C2)n1. The van der Waals surface area contributed by atoms with E-state index in [-0.39, 0.29) is 5.97 Å². The molecule has 1 saturated heterocycles. The monoisotopic (exact) mass is 306 g/mol. The van der Waals surface area contributed by atoms with E-state index in [1.807, 2.05) is 19.9 Å². The number of carbonyl (C=O) groups is 1. The summed E-state index contributed by atoms with van der Waals surface area (Å²) in [6.45, 7) is 9.92. The fourth-order valence-electron chi connectivity index (χ4n) is 2.76. The molecule has 1 aliphatic rings. The van der Waals surface area contributed by atoms with Gasteiger partial charge in [0, 0.05) is 37.8 Å². The maximum atomic E-state index is 11.6. The van der Waals surface area contributed by atoms with Crippen molar-refractivity contribution in [3.63, 3.8) is 0 Å². The minimum Gasteiger partial charge on any atom is -0.454 e. The van der Waals surface area contributed by atoms with Crippen LogP contribution in [-0.4, -0.2) is 41.1 Å². The lowest BCUT2D eigenvalue weighted by molar-refractivity contribution is -0.149. The summed E-state index contributed by atoms with van der Waals surface area (Å²) in [4.78, 5) is 22.7. The van der Waals surface area contributed by atoms with Gasteiger partial charge in [0.05, 0.1) is 0 Å². The van der Waals surface area contributed by atoms with E-state index >= 15 is 0 Å². The molecule has 6 nitrogen and oxygen atoms in total. The van der Waals surface area contributed by atoms with Gasteiger partial charge < -0.3 is 15.0 Å². The lowest BCUT2D eigenvalue weighted by Crippen LogP contribution is -2.54. The van der Waals surface area contributed by atoms with Crippen molar-refractivity contribution in [2.45, 2.75) is 58.7 Å². The molecule has 0 spiro atoms. The van der Waals surface area contributed by atoms with E-state index in [1.165, 1.54) is 0 Å². The van der Waals surface area contributed by atoms with Crippen LogP contribution < -0.4 is 10.2 Å². The number of hydrogen-bond donors (Lipinski definition) is 1.